The molecule has 0 saturated heterocycles. The third kappa shape index (κ3) is 3.98. The number of hydrogen-bond acceptors (Lipinski definition) is 4. The molecule has 2 rings (SSSR count). The molecule has 0 aromatic heterocycles. The third-order valence-electron chi connectivity index (χ3n) is 3.40. The lowest BCUT2D eigenvalue weighted by Gasteiger charge is -2.19. The van der Waals surface area contributed by atoms with E-state index in [0.29, 0.717) is 16.5 Å². The van der Waals surface area contributed by atoms with Crippen LogP contribution in [0.1, 0.15) is 10.4 Å². The summed E-state index contributed by atoms with van der Waals surface area (Å²) in [6.07, 6.45) is 1.07. The molecule has 0 aliphatic rings. The summed E-state index contributed by atoms with van der Waals surface area (Å²) >= 11 is 6.04. The molecular formula is C16H17ClN2O4S. The maximum absolute atomic E-state index is 12.5. The van der Waals surface area contributed by atoms with E-state index < -0.39 is 15.9 Å². The molecule has 8 heteroatoms. The van der Waals surface area contributed by atoms with Crippen LogP contribution in [0.3, 0.4) is 0 Å². The summed E-state index contributed by atoms with van der Waals surface area (Å²) in [7, 11) is -0.593. The van der Waals surface area contributed by atoms with Crippen LogP contribution in [0.4, 0.5) is 11.4 Å². The first kappa shape index (κ1) is 18.1. The molecule has 0 spiro atoms. The van der Waals surface area contributed by atoms with Crippen molar-refractivity contribution in [2.75, 3.05) is 30.0 Å². The zero-order chi connectivity index (χ0) is 17.9. The number of ether oxygens (including phenoxy) is 1. The summed E-state index contributed by atoms with van der Waals surface area (Å²) < 4.78 is 29.6. The standard InChI is InChI=1S/C16H17ClN2O4S/c1-19(24(3,21)22)14-7-5-4-6-12(14)16(20)18-11-8-9-15(23-2)13(17)10-11/h4-10H,1-3H3,(H,18,20). The SMILES string of the molecule is COc1ccc(NC(=O)c2ccccc2N(C)S(C)(=O)=O)cc1Cl. The molecule has 0 radical (unpaired) electrons. The largest absolute Gasteiger partial charge is 0.495 e. The predicted molar refractivity (Wildman–Crippen MR) is 95.6 cm³/mol. The number of halogens is 1. The summed E-state index contributed by atoms with van der Waals surface area (Å²) in [6.45, 7) is 0. The molecule has 0 heterocycles. The molecular weight excluding hydrogens is 352 g/mol. The average Bonchev–Trinajstić information content (AvgIpc) is 2.53. The van der Waals surface area contributed by atoms with E-state index in [1.165, 1.54) is 14.2 Å². The summed E-state index contributed by atoms with van der Waals surface area (Å²) in [5.41, 5.74) is 0.997. The average molecular weight is 369 g/mol. The quantitative estimate of drug-likeness (QED) is 0.880. The number of methoxy groups -OCH3 is 1. The van der Waals surface area contributed by atoms with Gasteiger partial charge in [-0.05, 0) is 30.3 Å². The van der Waals surface area contributed by atoms with Gasteiger partial charge in [0.05, 0.1) is 29.6 Å². The minimum absolute atomic E-state index is 0.234. The van der Waals surface area contributed by atoms with E-state index in [0.717, 1.165) is 10.6 Å². The number of nitrogens with zero attached hydrogens (tertiary/aromatic N) is 1. The molecule has 0 atom stereocenters. The highest BCUT2D eigenvalue weighted by molar-refractivity contribution is 7.92. The van der Waals surface area contributed by atoms with Gasteiger partial charge in [-0.2, -0.15) is 0 Å². The summed E-state index contributed by atoms with van der Waals surface area (Å²) in [5.74, 6) is 0.0502. The second-order valence-corrected chi connectivity index (χ2v) is 7.47. The van der Waals surface area contributed by atoms with Crippen molar-refractivity contribution in [1.29, 1.82) is 0 Å². The molecule has 128 valence electrons. The number of hydrogen-bond donors (Lipinski definition) is 1. The van der Waals surface area contributed by atoms with Gasteiger partial charge in [0, 0.05) is 12.7 Å². The maximum Gasteiger partial charge on any atom is 0.257 e. The van der Waals surface area contributed by atoms with Gasteiger partial charge >= 0.3 is 0 Å². The number of carbonyl (C=O) groups is 1. The zero-order valence-corrected chi connectivity index (χ0v) is 15.0. The monoisotopic (exact) mass is 368 g/mol. The van der Waals surface area contributed by atoms with Gasteiger partial charge in [0.2, 0.25) is 10.0 Å². The zero-order valence-electron chi connectivity index (χ0n) is 13.4. The van der Waals surface area contributed by atoms with E-state index in [-0.39, 0.29) is 11.3 Å². The number of para-hydroxylation sites is 1. The van der Waals surface area contributed by atoms with Crippen molar-refractivity contribution < 1.29 is 17.9 Å². The second kappa shape index (κ2) is 7.11. The Bertz CT molecular complexity index is 868. The number of benzene rings is 2. The minimum Gasteiger partial charge on any atom is -0.495 e. The molecule has 2 aromatic carbocycles. The Morgan fingerprint density at radius 3 is 2.46 bits per heavy atom. The lowest BCUT2D eigenvalue weighted by molar-refractivity contribution is 0.102. The molecule has 24 heavy (non-hydrogen) atoms. The van der Waals surface area contributed by atoms with Crippen LogP contribution in [0.25, 0.3) is 0 Å². The molecule has 0 bridgehead atoms. The lowest BCUT2D eigenvalue weighted by Crippen LogP contribution is -2.27. The Morgan fingerprint density at radius 1 is 1.21 bits per heavy atom. The van der Waals surface area contributed by atoms with Crippen molar-refractivity contribution in [1.82, 2.24) is 0 Å². The predicted octanol–water partition coefficient (Wildman–Crippen LogP) is 3.00. The fraction of sp³-hybridized carbons (Fsp3) is 0.188. The number of amides is 1. The van der Waals surface area contributed by atoms with Crippen LogP contribution in [-0.4, -0.2) is 34.7 Å². The van der Waals surface area contributed by atoms with E-state index in [4.69, 9.17) is 16.3 Å². The smallest absolute Gasteiger partial charge is 0.257 e. The van der Waals surface area contributed by atoms with Crippen LogP contribution in [0.2, 0.25) is 5.02 Å². The fourth-order valence-corrected chi connectivity index (χ4v) is 2.84. The first-order chi connectivity index (χ1) is 11.2. The molecule has 0 aliphatic carbocycles. The van der Waals surface area contributed by atoms with Crippen LogP contribution in [0, 0.1) is 0 Å². The van der Waals surface area contributed by atoms with E-state index in [9.17, 15) is 13.2 Å². The maximum atomic E-state index is 12.5. The topological polar surface area (TPSA) is 75.7 Å². The van der Waals surface area contributed by atoms with Crippen LogP contribution in [0.5, 0.6) is 5.75 Å². The molecule has 0 saturated carbocycles. The summed E-state index contributed by atoms with van der Waals surface area (Å²) in [6, 6.07) is 11.3. The number of sulfonamides is 1. The van der Waals surface area contributed by atoms with Gasteiger partial charge in [-0.3, -0.25) is 9.10 Å². The normalized spacial score (nSPS) is 11.0. The minimum atomic E-state index is -3.48. The van der Waals surface area contributed by atoms with Gasteiger partial charge in [0.25, 0.3) is 5.91 Å². The lowest BCUT2D eigenvalue weighted by atomic mass is 10.1. The highest BCUT2D eigenvalue weighted by Crippen LogP contribution is 2.28. The third-order valence-corrected chi connectivity index (χ3v) is 4.88. The van der Waals surface area contributed by atoms with Crippen molar-refractivity contribution in [3.05, 3.63) is 53.1 Å². The van der Waals surface area contributed by atoms with Crippen LogP contribution in [-0.2, 0) is 10.0 Å². The molecule has 0 unspecified atom stereocenters. The Balaban J connectivity index is 2.33. The van der Waals surface area contributed by atoms with Gasteiger partial charge in [-0.15, -0.1) is 0 Å². The van der Waals surface area contributed by atoms with Gasteiger partial charge < -0.3 is 10.1 Å². The molecule has 2 aromatic rings. The van der Waals surface area contributed by atoms with Crippen LogP contribution < -0.4 is 14.4 Å². The second-order valence-electron chi connectivity index (χ2n) is 5.05. The molecule has 1 N–H and O–H groups in total. The Labute approximate surface area is 146 Å². The van der Waals surface area contributed by atoms with E-state index >= 15 is 0 Å². The number of anilines is 2. The highest BCUT2D eigenvalue weighted by Gasteiger charge is 2.19. The molecule has 6 nitrogen and oxygen atoms in total. The van der Waals surface area contributed by atoms with E-state index in [1.54, 1.807) is 42.5 Å². The fourth-order valence-electron chi connectivity index (χ4n) is 2.06. The Morgan fingerprint density at radius 2 is 1.88 bits per heavy atom. The molecule has 0 aliphatic heterocycles. The van der Waals surface area contributed by atoms with Crippen molar-refractivity contribution in [3.63, 3.8) is 0 Å². The Kier molecular flexibility index (Phi) is 5.36. The summed E-state index contributed by atoms with van der Waals surface area (Å²) in [4.78, 5) is 12.5. The van der Waals surface area contributed by atoms with Gasteiger partial charge in [0.1, 0.15) is 5.75 Å². The van der Waals surface area contributed by atoms with Gasteiger partial charge in [-0.1, -0.05) is 23.7 Å². The number of carbonyl (C=O) groups excluding carboxylic acids is 1. The molecule has 1 amide bonds. The van der Waals surface area contributed by atoms with Crippen LogP contribution >= 0.6 is 11.6 Å². The first-order valence-electron chi connectivity index (χ1n) is 6.92. The van der Waals surface area contributed by atoms with Crippen molar-refractivity contribution in [3.8, 4) is 5.75 Å². The number of rotatable bonds is 5. The van der Waals surface area contributed by atoms with E-state index in [2.05, 4.69) is 5.32 Å². The summed E-state index contributed by atoms with van der Waals surface area (Å²) in [5, 5.41) is 3.05. The number of nitrogens with one attached hydrogen (secondary N) is 1. The van der Waals surface area contributed by atoms with Crippen LogP contribution in [0.15, 0.2) is 42.5 Å². The van der Waals surface area contributed by atoms with E-state index in [1.807, 2.05) is 0 Å². The van der Waals surface area contributed by atoms with Gasteiger partial charge in [0.15, 0.2) is 0 Å². The molecule has 0 fully saturated rings. The highest BCUT2D eigenvalue weighted by atomic mass is 35.5. The Hall–Kier alpha value is -2.25. The first-order valence-corrected chi connectivity index (χ1v) is 9.14. The van der Waals surface area contributed by atoms with Crippen molar-refractivity contribution in [2.24, 2.45) is 0 Å². The van der Waals surface area contributed by atoms with Crippen molar-refractivity contribution in [2.45, 2.75) is 0 Å². The van der Waals surface area contributed by atoms with Gasteiger partial charge in [-0.25, -0.2) is 8.42 Å². The van der Waals surface area contributed by atoms with Crippen molar-refractivity contribution >= 4 is 38.9 Å².